The molecule has 150 valence electrons. The number of alkyl carbamates (subject to hydrolysis) is 2. The van der Waals surface area contributed by atoms with Crippen LogP contribution in [0.5, 0.6) is 0 Å². The maximum atomic E-state index is 12.0. The molecule has 1 aromatic rings. The number of nitrogens with one attached hydrogen (secondary N) is 2. The summed E-state index contributed by atoms with van der Waals surface area (Å²) in [5, 5.41) is 4.92. The Labute approximate surface area is 169 Å². The molecule has 0 saturated heterocycles. The van der Waals surface area contributed by atoms with Gasteiger partial charge in [0.2, 0.25) is 5.96 Å². The Balaban J connectivity index is 2.94. The fourth-order valence-corrected chi connectivity index (χ4v) is 2.39. The van der Waals surface area contributed by atoms with Crippen LogP contribution in [-0.4, -0.2) is 29.3 Å². The number of halogens is 1. The molecule has 1 rings (SSSR count). The van der Waals surface area contributed by atoms with Crippen LogP contribution < -0.4 is 10.6 Å². The first-order valence-corrected chi connectivity index (χ1v) is 9.34. The molecule has 27 heavy (non-hydrogen) atoms. The van der Waals surface area contributed by atoms with Gasteiger partial charge in [-0.25, -0.2) is 14.6 Å². The maximum Gasteiger partial charge on any atom is 0.414 e. The van der Waals surface area contributed by atoms with Crippen molar-refractivity contribution in [3.63, 3.8) is 0 Å². The van der Waals surface area contributed by atoms with E-state index in [-0.39, 0.29) is 12.5 Å². The highest BCUT2D eigenvalue weighted by Crippen LogP contribution is 2.16. The lowest BCUT2D eigenvalue weighted by molar-refractivity contribution is 0.0545. The second-order valence-electron chi connectivity index (χ2n) is 7.99. The molecule has 0 atom stereocenters. The van der Waals surface area contributed by atoms with Crippen molar-refractivity contribution in [3.8, 4) is 0 Å². The van der Waals surface area contributed by atoms with Crippen molar-refractivity contribution in [2.75, 3.05) is 0 Å². The molecule has 0 bridgehead atoms. The van der Waals surface area contributed by atoms with Gasteiger partial charge in [-0.15, -0.1) is 0 Å². The molecule has 0 unspecified atom stereocenters. The second kappa shape index (κ2) is 9.21. The number of aliphatic imine (C=N–C) groups is 1. The Hall–Kier alpha value is -2.09. The van der Waals surface area contributed by atoms with Gasteiger partial charge in [-0.2, -0.15) is 0 Å². The zero-order valence-corrected chi connectivity index (χ0v) is 18.5. The second-order valence-corrected chi connectivity index (χ2v) is 8.91. The number of benzene rings is 1. The predicted octanol–water partition coefficient (Wildman–Crippen LogP) is 4.66. The summed E-state index contributed by atoms with van der Waals surface area (Å²) in [5.74, 6) is -0.0409. The van der Waals surface area contributed by atoms with E-state index in [0.717, 1.165) is 15.6 Å². The molecule has 0 fully saturated rings. The minimum Gasteiger partial charge on any atom is -0.444 e. The normalized spacial score (nSPS) is 11.4. The van der Waals surface area contributed by atoms with Crippen LogP contribution >= 0.6 is 15.9 Å². The molecule has 8 heteroatoms. The quantitative estimate of drug-likeness (QED) is 0.515. The first-order chi connectivity index (χ1) is 12.2. The number of aryl methyl sites for hydroxylation is 1. The van der Waals surface area contributed by atoms with Crippen LogP contribution in [0.25, 0.3) is 0 Å². The van der Waals surface area contributed by atoms with E-state index in [2.05, 4.69) is 31.6 Å². The molecule has 0 aliphatic carbocycles. The van der Waals surface area contributed by atoms with Crippen molar-refractivity contribution < 1.29 is 19.1 Å². The lowest BCUT2D eigenvalue weighted by atomic mass is 10.1. The summed E-state index contributed by atoms with van der Waals surface area (Å²) in [5.41, 5.74) is 0.627. The number of hydrogen-bond acceptors (Lipinski definition) is 5. The Morgan fingerprint density at radius 3 is 1.89 bits per heavy atom. The molecule has 0 aromatic heterocycles. The fourth-order valence-electron chi connectivity index (χ4n) is 1.91. The van der Waals surface area contributed by atoms with Crippen molar-refractivity contribution >= 4 is 34.1 Å². The number of carbonyl (C=O) groups is 2. The van der Waals surface area contributed by atoms with Crippen LogP contribution in [0, 0.1) is 6.92 Å². The number of ether oxygens (including phenoxy) is 2. The number of carbonyl (C=O) groups excluding carboxylic acids is 2. The van der Waals surface area contributed by atoms with Crippen LogP contribution in [0.3, 0.4) is 0 Å². The first kappa shape index (κ1) is 23.0. The smallest absolute Gasteiger partial charge is 0.414 e. The Bertz CT molecular complexity index is 687. The molecule has 0 radical (unpaired) electrons. The minimum atomic E-state index is -0.718. The summed E-state index contributed by atoms with van der Waals surface area (Å²) >= 11 is 3.41. The summed E-state index contributed by atoms with van der Waals surface area (Å²) in [4.78, 5) is 28.4. The van der Waals surface area contributed by atoms with Gasteiger partial charge in [0.05, 0.1) is 6.54 Å². The SMILES string of the molecule is Cc1cc(Br)ccc1CN=C(NC(=O)OC(C)(C)C)NC(=O)OC(C)(C)C. The maximum absolute atomic E-state index is 12.0. The predicted molar refractivity (Wildman–Crippen MR) is 109 cm³/mol. The van der Waals surface area contributed by atoms with E-state index in [9.17, 15) is 9.59 Å². The van der Waals surface area contributed by atoms with Gasteiger partial charge >= 0.3 is 12.2 Å². The van der Waals surface area contributed by atoms with Crippen LogP contribution in [0.15, 0.2) is 27.7 Å². The summed E-state index contributed by atoms with van der Waals surface area (Å²) in [6.45, 7) is 12.7. The summed E-state index contributed by atoms with van der Waals surface area (Å²) in [7, 11) is 0. The third-order valence-electron chi connectivity index (χ3n) is 2.95. The van der Waals surface area contributed by atoms with Crippen molar-refractivity contribution in [2.24, 2.45) is 4.99 Å². The van der Waals surface area contributed by atoms with Gasteiger partial charge < -0.3 is 9.47 Å². The van der Waals surface area contributed by atoms with Crippen molar-refractivity contribution in [2.45, 2.75) is 66.2 Å². The van der Waals surface area contributed by atoms with Crippen molar-refractivity contribution in [3.05, 3.63) is 33.8 Å². The van der Waals surface area contributed by atoms with Crippen LogP contribution in [0.4, 0.5) is 9.59 Å². The average molecular weight is 442 g/mol. The lowest BCUT2D eigenvalue weighted by Crippen LogP contribution is -2.47. The molecule has 1 aromatic carbocycles. The molecule has 0 saturated carbocycles. The Morgan fingerprint density at radius 2 is 1.48 bits per heavy atom. The van der Waals surface area contributed by atoms with Gasteiger partial charge in [0.1, 0.15) is 11.2 Å². The molecule has 0 spiro atoms. The van der Waals surface area contributed by atoms with Gasteiger partial charge in [0, 0.05) is 4.47 Å². The first-order valence-electron chi connectivity index (χ1n) is 8.55. The zero-order chi connectivity index (χ0) is 20.8. The van der Waals surface area contributed by atoms with Crippen LogP contribution in [-0.2, 0) is 16.0 Å². The van der Waals surface area contributed by atoms with Crippen molar-refractivity contribution in [1.82, 2.24) is 10.6 Å². The summed E-state index contributed by atoms with van der Waals surface area (Å²) in [6.07, 6.45) is -1.44. The topological polar surface area (TPSA) is 89.0 Å². The summed E-state index contributed by atoms with van der Waals surface area (Å²) < 4.78 is 11.4. The van der Waals surface area contributed by atoms with Crippen molar-refractivity contribution in [1.29, 1.82) is 0 Å². The van der Waals surface area contributed by atoms with E-state index in [1.165, 1.54) is 0 Å². The van der Waals surface area contributed by atoms with Gasteiger partial charge in [-0.3, -0.25) is 10.6 Å². The van der Waals surface area contributed by atoms with Gasteiger partial charge in [0.15, 0.2) is 0 Å². The minimum absolute atomic E-state index is 0.0409. The molecule has 7 nitrogen and oxygen atoms in total. The third-order valence-corrected chi connectivity index (χ3v) is 3.44. The van der Waals surface area contributed by atoms with Crippen LogP contribution in [0.1, 0.15) is 52.7 Å². The number of guanidine groups is 1. The molecule has 2 N–H and O–H groups in total. The highest BCUT2D eigenvalue weighted by molar-refractivity contribution is 9.10. The number of amides is 2. The number of nitrogens with zero attached hydrogens (tertiary/aromatic N) is 1. The monoisotopic (exact) mass is 441 g/mol. The Kier molecular flexibility index (Phi) is 7.83. The van der Waals surface area contributed by atoms with E-state index >= 15 is 0 Å². The van der Waals surface area contributed by atoms with Gasteiger partial charge in [0.25, 0.3) is 0 Å². The highest BCUT2D eigenvalue weighted by Gasteiger charge is 2.21. The molecule has 0 aliphatic rings. The lowest BCUT2D eigenvalue weighted by Gasteiger charge is -2.22. The largest absolute Gasteiger partial charge is 0.444 e. The van der Waals surface area contributed by atoms with E-state index in [0.29, 0.717) is 0 Å². The highest BCUT2D eigenvalue weighted by atomic mass is 79.9. The molecular weight excluding hydrogens is 414 g/mol. The van der Waals surface area contributed by atoms with E-state index < -0.39 is 23.4 Å². The van der Waals surface area contributed by atoms with E-state index in [1.54, 1.807) is 41.5 Å². The third kappa shape index (κ3) is 9.98. The molecule has 2 amide bonds. The molecular formula is C19H28BrN3O4. The number of hydrogen-bond donors (Lipinski definition) is 2. The molecule has 0 heterocycles. The fraction of sp³-hybridized carbons (Fsp3) is 0.526. The number of rotatable bonds is 2. The van der Waals surface area contributed by atoms with E-state index in [4.69, 9.17) is 9.47 Å². The van der Waals surface area contributed by atoms with Gasteiger partial charge in [-0.1, -0.05) is 22.0 Å². The van der Waals surface area contributed by atoms with Gasteiger partial charge in [-0.05, 0) is 71.7 Å². The zero-order valence-electron chi connectivity index (χ0n) is 16.9. The standard InChI is InChI=1S/C19H28BrN3O4/c1-12-10-14(20)9-8-13(12)11-21-15(22-16(24)26-18(2,3)4)23-17(25)27-19(5,6)7/h8-10H,11H2,1-7H3,(H2,21,22,23,24,25). The van der Waals surface area contributed by atoms with E-state index in [1.807, 2.05) is 25.1 Å². The molecule has 0 aliphatic heterocycles. The summed E-state index contributed by atoms with van der Waals surface area (Å²) in [6, 6.07) is 5.79. The van der Waals surface area contributed by atoms with Crippen LogP contribution in [0.2, 0.25) is 0 Å². The average Bonchev–Trinajstić information content (AvgIpc) is 2.41. The Morgan fingerprint density at radius 1 is 1.00 bits per heavy atom.